The number of fused-ring (bicyclic) bond motifs is 1. The fraction of sp³-hybridized carbons (Fsp3) is 0.400. The average molecular weight is 344 g/mol. The molecule has 0 aromatic heterocycles. The van der Waals surface area contributed by atoms with Crippen molar-refractivity contribution in [3.05, 3.63) is 52.6 Å². The molecule has 1 aliphatic rings. The lowest BCUT2D eigenvalue weighted by Gasteiger charge is -2.39. The molecular formula is C20H24O5. The summed E-state index contributed by atoms with van der Waals surface area (Å²) in [5.41, 5.74) is 3.68. The molecule has 0 saturated carbocycles. The first-order chi connectivity index (χ1) is 12.0. The van der Waals surface area contributed by atoms with Crippen LogP contribution in [0.3, 0.4) is 0 Å². The molecule has 2 aromatic rings. The standard InChI is InChI=1S/C20H24O5/c1-11-5-15-13(7-18(11)24)6-14(9-21)16(10-22)20(15)12-3-4-17(23)19(8-12)25-2/h3-5,7-8,14,16,20-24H,6,9-10H2,1-2H3/t14-,16-,20?/m1/s1. The molecule has 0 aliphatic heterocycles. The third-order valence-electron chi connectivity index (χ3n) is 5.32. The Labute approximate surface area is 147 Å². The molecular weight excluding hydrogens is 320 g/mol. The van der Waals surface area contributed by atoms with Crippen LogP contribution in [0.2, 0.25) is 0 Å². The van der Waals surface area contributed by atoms with Crippen LogP contribution in [-0.2, 0) is 6.42 Å². The monoisotopic (exact) mass is 344 g/mol. The van der Waals surface area contributed by atoms with Gasteiger partial charge in [0.1, 0.15) is 5.75 Å². The van der Waals surface area contributed by atoms with Gasteiger partial charge in [-0.05, 0) is 65.6 Å². The minimum absolute atomic E-state index is 0.0367. The van der Waals surface area contributed by atoms with Gasteiger partial charge in [-0.15, -0.1) is 0 Å². The number of phenols is 2. The average Bonchev–Trinajstić information content (AvgIpc) is 2.62. The van der Waals surface area contributed by atoms with Crippen LogP contribution in [0.4, 0.5) is 0 Å². The predicted molar refractivity (Wildman–Crippen MR) is 94.2 cm³/mol. The number of phenolic OH excluding ortho intramolecular Hbond substituents is 2. The van der Waals surface area contributed by atoms with Crippen LogP contribution in [0.15, 0.2) is 30.3 Å². The highest BCUT2D eigenvalue weighted by atomic mass is 16.5. The summed E-state index contributed by atoms with van der Waals surface area (Å²) in [4.78, 5) is 0. The maximum atomic E-state index is 10.1. The molecule has 0 heterocycles. The maximum absolute atomic E-state index is 10.1. The van der Waals surface area contributed by atoms with Gasteiger partial charge in [0.25, 0.3) is 0 Å². The first-order valence-corrected chi connectivity index (χ1v) is 8.41. The minimum atomic E-state index is -0.157. The zero-order valence-electron chi connectivity index (χ0n) is 14.4. The number of hydrogen-bond acceptors (Lipinski definition) is 5. The molecule has 0 amide bonds. The fourth-order valence-corrected chi connectivity index (χ4v) is 3.93. The molecule has 0 bridgehead atoms. The van der Waals surface area contributed by atoms with Crippen LogP contribution < -0.4 is 4.74 Å². The van der Waals surface area contributed by atoms with Gasteiger partial charge in [-0.3, -0.25) is 0 Å². The summed E-state index contributed by atoms with van der Waals surface area (Å²) >= 11 is 0. The van der Waals surface area contributed by atoms with Gasteiger partial charge in [-0.1, -0.05) is 12.1 Å². The lowest BCUT2D eigenvalue weighted by molar-refractivity contribution is 0.101. The molecule has 134 valence electrons. The van der Waals surface area contributed by atoms with Gasteiger partial charge in [-0.2, -0.15) is 0 Å². The largest absolute Gasteiger partial charge is 0.508 e. The number of hydrogen-bond donors (Lipinski definition) is 4. The van der Waals surface area contributed by atoms with E-state index in [1.165, 1.54) is 7.11 Å². The van der Waals surface area contributed by atoms with Crippen LogP contribution in [0, 0.1) is 18.8 Å². The lowest BCUT2D eigenvalue weighted by atomic mass is 9.66. The zero-order chi connectivity index (χ0) is 18.1. The number of methoxy groups -OCH3 is 1. The van der Waals surface area contributed by atoms with Crippen molar-refractivity contribution in [1.82, 2.24) is 0 Å². The molecule has 5 nitrogen and oxygen atoms in total. The second-order valence-electron chi connectivity index (χ2n) is 6.74. The predicted octanol–water partition coefficient (Wildman–Crippen LogP) is 2.32. The number of rotatable bonds is 4. The van der Waals surface area contributed by atoms with E-state index in [0.29, 0.717) is 12.2 Å². The van der Waals surface area contributed by atoms with Gasteiger partial charge in [0.05, 0.1) is 7.11 Å². The summed E-state index contributed by atoms with van der Waals surface area (Å²) in [7, 11) is 1.50. The third kappa shape index (κ3) is 3.05. The van der Waals surface area contributed by atoms with Crippen molar-refractivity contribution in [3.63, 3.8) is 0 Å². The van der Waals surface area contributed by atoms with E-state index >= 15 is 0 Å². The van der Waals surface area contributed by atoms with Crippen molar-refractivity contribution >= 4 is 0 Å². The molecule has 25 heavy (non-hydrogen) atoms. The number of aliphatic hydroxyl groups is 2. The number of aromatic hydroxyl groups is 2. The second-order valence-corrected chi connectivity index (χ2v) is 6.74. The van der Waals surface area contributed by atoms with E-state index in [1.807, 2.05) is 19.1 Å². The molecule has 2 aromatic carbocycles. The Balaban J connectivity index is 2.19. The summed E-state index contributed by atoms with van der Waals surface area (Å²) in [5.74, 6) is 0.250. The number of ether oxygens (including phenoxy) is 1. The summed E-state index contributed by atoms with van der Waals surface area (Å²) in [6, 6.07) is 8.87. The van der Waals surface area contributed by atoms with Crippen molar-refractivity contribution in [2.24, 2.45) is 11.8 Å². The first kappa shape index (κ1) is 17.6. The van der Waals surface area contributed by atoms with Crippen molar-refractivity contribution < 1.29 is 25.2 Å². The van der Waals surface area contributed by atoms with Gasteiger partial charge >= 0.3 is 0 Å². The van der Waals surface area contributed by atoms with Gasteiger partial charge in [-0.25, -0.2) is 0 Å². The molecule has 3 atom stereocenters. The summed E-state index contributed by atoms with van der Waals surface area (Å²) in [6.45, 7) is 1.75. The van der Waals surface area contributed by atoms with Crippen molar-refractivity contribution in [2.75, 3.05) is 20.3 Å². The second kappa shape index (κ2) is 6.94. The minimum Gasteiger partial charge on any atom is -0.508 e. The van der Waals surface area contributed by atoms with Gasteiger partial charge in [0.2, 0.25) is 0 Å². The Bertz CT molecular complexity index is 771. The van der Waals surface area contributed by atoms with Gasteiger partial charge in [0, 0.05) is 19.1 Å². The van der Waals surface area contributed by atoms with E-state index < -0.39 is 0 Å². The van der Waals surface area contributed by atoms with Gasteiger partial charge < -0.3 is 25.2 Å². The van der Waals surface area contributed by atoms with Crippen LogP contribution in [0.25, 0.3) is 0 Å². The Hall–Kier alpha value is -2.24. The molecule has 0 fully saturated rings. The maximum Gasteiger partial charge on any atom is 0.160 e. The number of aryl methyl sites for hydroxylation is 1. The molecule has 1 aliphatic carbocycles. The van der Waals surface area contributed by atoms with Crippen molar-refractivity contribution in [3.8, 4) is 17.2 Å². The highest BCUT2D eigenvalue weighted by Crippen LogP contribution is 2.46. The zero-order valence-corrected chi connectivity index (χ0v) is 14.4. The Morgan fingerprint density at radius 3 is 2.44 bits per heavy atom. The van der Waals surface area contributed by atoms with E-state index in [0.717, 1.165) is 22.3 Å². The first-order valence-electron chi connectivity index (χ1n) is 8.41. The molecule has 1 unspecified atom stereocenters. The molecule has 0 spiro atoms. The highest BCUT2D eigenvalue weighted by Gasteiger charge is 2.37. The van der Waals surface area contributed by atoms with Crippen LogP contribution in [-0.4, -0.2) is 40.7 Å². The molecule has 4 N–H and O–H groups in total. The Morgan fingerprint density at radius 1 is 1.04 bits per heavy atom. The number of aliphatic hydroxyl groups excluding tert-OH is 2. The van der Waals surface area contributed by atoms with Crippen molar-refractivity contribution in [2.45, 2.75) is 19.3 Å². The molecule has 3 rings (SSSR count). The van der Waals surface area contributed by atoms with E-state index in [4.69, 9.17) is 4.74 Å². The fourth-order valence-electron chi connectivity index (χ4n) is 3.93. The summed E-state index contributed by atoms with van der Waals surface area (Å²) in [6.07, 6.45) is 0.608. The third-order valence-corrected chi connectivity index (χ3v) is 5.32. The quantitative estimate of drug-likeness (QED) is 0.683. The van der Waals surface area contributed by atoms with E-state index in [1.54, 1.807) is 18.2 Å². The smallest absolute Gasteiger partial charge is 0.160 e. The molecule has 0 saturated heterocycles. The normalized spacial score (nSPS) is 22.5. The highest BCUT2D eigenvalue weighted by molar-refractivity contribution is 5.51. The Kier molecular flexibility index (Phi) is 4.88. The molecule has 5 heteroatoms. The van der Waals surface area contributed by atoms with E-state index in [-0.39, 0.29) is 42.5 Å². The van der Waals surface area contributed by atoms with Crippen LogP contribution in [0.1, 0.15) is 28.2 Å². The summed E-state index contributed by atoms with van der Waals surface area (Å²) < 4.78 is 5.23. The van der Waals surface area contributed by atoms with E-state index in [9.17, 15) is 20.4 Å². The van der Waals surface area contributed by atoms with Crippen LogP contribution in [0.5, 0.6) is 17.2 Å². The van der Waals surface area contributed by atoms with Crippen molar-refractivity contribution in [1.29, 1.82) is 0 Å². The Morgan fingerprint density at radius 2 is 1.80 bits per heavy atom. The van der Waals surface area contributed by atoms with Crippen LogP contribution >= 0.6 is 0 Å². The SMILES string of the molecule is COc1cc(C2c3cc(C)c(O)cc3C[C@H](CO)[C@H]2CO)ccc1O. The topological polar surface area (TPSA) is 90.2 Å². The van der Waals surface area contributed by atoms with E-state index in [2.05, 4.69) is 0 Å². The summed E-state index contributed by atoms with van der Waals surface area (Å²) in [5, 5.41) is 39.8. The molecule has 0 radical (unpaired) electrons. The lowest BCUT2D eigenvalue weighted by Crippen LogP contribution is -2.35. The number of benzene rings is 2. The van der Waals surface area contributed by atoms with Gasteiger partial charge in [0.15, 0.2) is 11.5 Å².